The molecule has 116 valence electrons. The third kappa shape index (κ3) is 5.77. The fourth-order valence-electron chi connectivity index (χ4n) is 2.20. The van der Waals surface area contributed by atoms with Gasteiger partial charge in [-0.15, -0.1) is 0 Å². The molecule has 0 unspecified atom stereocenters. The summed E-state index contributed by atoms with van der Waals surface area (Å²) in [6.45, 7) is -0.0549. The molecule has 0 radical (unpaired) electrons. The van der Waals surface area contributed by atoms with Gasteiger partial charge in [-0.25, -0.2) is 0 Å². The van der Waals surface area contributed by atoms with Crippen LogP contribution in [-0.4, -0.2) is 53.9 Å². The topological polar surface area (TPSA) is 66.8 Å². The molecule has 20 heavy (non-hydrogen) atoms. The fourth-order valence-corrected chi connectivity index (χ4v) is 2.20. The summed E-state index contributed by atoms with van der Waals surface area (Å²) in [6, 6.07) is 0. The number of alkyl halides is 3. The van der Waals surface area contributed by atoms with Crippen molar-refractivity contribution in [1.29, 1.82) is 0 Å². The van der Waals surface area contributed by atoms with E-state index in [-0.39, 0.29) is 18.4 Å². The number of ether oxygens (including phenoxy) is 1. The molecule has 1 N–H and O–H groups in total. The lowest BCUT2D eigenvalue weighted by molar-refractivity contribution is -0.167. The molecule has 0 aliphatic heterocycles. The van der Waals surface area contributed by atoms with E-state index >= 15 is 0 Å². The van der Waals surface area contributed by atoms with Crippen LogP contribution in [0.4, 0.5) is 13.2 Å². The molecule has 1 aliphatic carbocycles. The second kappa shape index (κ2) is 6.92. The molecule has 0 heterocycles. The van der Waals surface area contributed by atoms with E-state index in [4.69, 9.17) is 9.84 Å². The van der Waals surface area contributed by atoms with Crippen LogP contribution in [0.25, 0.3) is 0 Å². The van der Waals surface area contributed by atoms with Crippen LogP contribution in [0.2, 0.25) is 0 Å². The number of aliphatic carboxylic acids is 1. The van der Waals surface area contributed by atoms with Crippen molar-refractivity contribution in [1.82, 2.24) is 4.90 Å². The molecular weight excluding hydrogens is 279 g/mol. The van der Waals surface area contributed by atoms with Crippen LogP contribution in [0.5, 0.6) is 0 Å². The van der Waals surface area contributed by atoms with Crippen molar-refractivity contribution in [3.8, 4) is 0 Å². The predicted octanol–water partition coefficient (Wildman–Crippen LogP) is 1.67. The largest absolute Gasteiger partial charge is 0.480 e. The zero-order valence-corrected chi connectivity index (χ0v) is 11.2. The Hall–Kier alpha value is -1.31. The molecule has 0 bridgehead atoms. The predicted molar refractivity (Wildman–Crippen MR) is 63.0 cm³/mol. The molecular formula is C12H18F3NO4. The summed E-state index contributed by atoms with van der Waals surface area (Å²) >= 11 is 0. The number of carboxylic acids is 1. The van der Waals surface area contributed by atoms with E-state index in [9.17, 15) is 22.8 Å². The molecule has 5 nitrogen and oxygen atoms in total. The minimum atomic E-state index is -4.60. The maximum Gasteiger partial charge on any atom is 0.406 e. The van der Waals surface area contributed by atoms with E-state index in [2.05, 4.69) is 0 Å². The zero-order chi connectivity index (χ0) is 15.3. The first-order valence-electron chi connectivity index (χ1n) is 6.39. The molecule has 0 spiro atoms. The zero-order valence-electron chi connectivity index (χ0n) is 11.2. The molecule has 0 aromatic heterocycles. The summed E-state index contributed by atoms with van der Waals surface area (Å²) in [7, 11) is 0. The van der Waals surface area contributed by atoms with Crippen LogP contribution in [0, 0.1) is 5.92 Å². The standard InChI is InChI=1S/C12H18F3NO4/c1-2-20-9-3-8(4-9)5-10(17)16(6-11(18)19)7-12(13,14)15/h8-9H,2-7H2,1H3,(H,18,19). The number of carboxylic acid groups (broad SMARTS) is 1. The molecule has 1 saturated carbocycles. The number of carbonyl (C=O) groups excluding carboxylic acids is 1. The van der Waals surface area contributed by atoms with E-state index in [1.165, 1.54) is 0 Å². The summed E-state index contributed by atoms with van der Waals surface area (Å²) in [5, 5.41) is 8.57. The number of amides is 1. The van der Waals surface area contributed by atoms with Gasteiger partial charge in [-0.1, -0.05) is 0 Å². The minimum Gasteiger partial charge on any atom is -0.480 e. The number of halogens is 3. The van der Waals surface area contributed by atoms with Crippen molar-refractivity contribution < 1.29 is 32.6 Å². The number of hydrogen-bond donors (Lipinski definition) is 1. The number of hydrogen-bond acceptors (Lipinski definition) is 3. The quantitative estimate of drug-likeness (QED) is 0.776. The Morgan fingerprint density at radius 2 is 1.95 bits per heavy atom. The van der Waals surface area contributed by atoms with Gasteiger partial charge in [-0.3, -0.25) is 9.59 Å². The van der Waals surface area contributed by atoms with E-state index in [1.54, 1.807) is 0 Å². The van der Waals surface area contributed by atoms with Gasteiger partial charge in [0.25, 0.3) is 0 Å². The summed E-state index contributed by atoms with van der Waals surface area (Å²) in [5.41, 5.74) is 0. The average molecular weight is 297 g/mol. The first-order chi connectivity index (χ1) is 9.21. The second-order valence-corrected chi connectivity index (χ2v) is 4.88. The smallest absolute Gasteiger partial charge is 0.406 e. The van der Waals surface area contributed by atoms with Crippen LogP contribution in [0.15, 0.2) is 0 Å². The lowest BCUT2D eigenvalue weighted by Crippen LogP contribution is -2.44. The highest BCUT2D eigenvalue weighted by Crippen LogP contribution is 2.33. The van der Waals surface area contributed by atoms with Crippen molar-refractivity contribution in [3.05, 3.63) is 0 Å². The van der Waals surface area contributed by atoms with Gasteiger partial charge < -0.3 is 14.7 Å². The van der Waals surface area contributed by atoms with Gasteiger partial charge in [0.2, 0.25) is 5.91 Å². The van der Waals surface area contributed by atoms with Crippen LogP contribution in [0.3, 0.4) is 0 Å². The average Bonchev–Trinajstić information content (AvgIpc) is 2.22. The van der Waals surface area contributed by atoms with Crippen LogP contribution < -0.4 is 0 Å². The summed E-state index contributed by atoms with van der Waals surface area (Å²) < 4.78 is 42.2. The van der Waals surface area contributed by atoms with Crippen molar-refractivity contribution in [3.63, 3.8) is 0 Å². The molecule has 0 atom stereocenters. The van der Waals surface area contributed by atoms with Crippen molar-refractivity contribution in [2.75, 3.05) is 19.7 Å². The Balaban J connectivity index is 2.46. The minimum absolute atomic E-state index is 0.0245. The van der Waals surface area contributed by atoms with Gasteiger partial charge in [0, 0.05) is 13.0 Å². The number of rotatable bonds is 7. The van der Waals surface area contributed by atoms with Crippen molar-refractivity contribution in [2.24, 2.45) is 5.92 Å². The Morgan fingerprint density at radius 3 is 2.40 bits per heavy atom. The molecule has 1 amide bonds. The Labute approximate surface area is 114 Å². The molecule has 0 saturated heterocycles. The molecule has 0 aromatic rings. The van der Waals surface area contributed by atoms with E-state index in [1.807, 2.05) is 6.92 Å². The highest BCUT2D eigenvalue weighted by molar-refractivity contribution is 5.81. The van der Waals surface area contributed by atoms with Crippen molar-refractivity contribution >= 4 is 11.9 Å². The van der Waals surface area contributed by atoms with Crippen LogP contribution in [0.1, 0.15) is 26.2 Å². The maximum atomic E-state index is 12.3. The lowest BCUT2D eigenvalue weighted by Gasteiger charge is -2.35. The number of carbonyl (C=O) groups is 2. The SMILES string of the molecule is CCOC1CC(CC(=O)N(CC(=O)O)CC(F)(F)F)C1. The van der Waals surface area contributed by atoms with Gasteiger partial charge in [-0.2, -0.15) is 13.2 Å². The molecule has 1 fully saturated rings. The van der Waals surface area contributed by atoms with Crippen molar-refractivity contribution in [2.45, 2.75) is 38.5 Å². The normalized spacial score (nSPS) is 22.2. The Kier molecular flexibility index (Phi) is 5.79. The highest BCUT2D eigenvalue weighted by Gasteiger charge is 2.37. The van der Waals surface area contributed by atoms with Crippen LogP contribution >= 0.6 is 0 Å². The molecule has 1 aliphatic rings. The van der Waals surface area contributed by atoms with Gasteiger partial charge in [-0.05, 0) is 25.7 Å². The first-order valence-corrected chi connectivity index (χ1v) is 6.39. The lowest BCUT2D eigenvalue weighted by atomic mass is 9.79. The number of nitrogens with zero attached hydrogens (tertiary/aromatic N) is 1. The summed E-state index contributed by atoms with van der Waals surface area (Å²) in [4.78, 5) is 22.6. The van der Waals surface area contributed by atoms with Gasteiger partial charge >= 0.3 is 12.1 Å². The summed E-state index contributed by atoms with van der Waals surface area (Å²) in [6.07, 6.45) is -3.34. The van der Waals surface area contributed by atoms with E-state index < -0.39 is 31.1 Å². The molecule has 8 heteroatoms. The first kappa shape index (κ1) is 16.7. The Bertz CT molecular complexity index is 353. The monoisotopic (exact) mass is 297 g/mol. The van der Waals surface area contributed by atoms with E-state index in [0.29, 0.717) is 24.3 Å². The third-order valence-electron chi connectivity index (χ3n) is 3.11. The highest BCUT2D eigenvalue weighted by atomic mass is 19.4. The third-order valence-corrected chi connectivity index (χ3v) is 3.11. The van der Waals surface area contributed by atoms with E-state index in [0.717, 1.165) is 0 Å². The maximum absolute atomic E-state index is 12.3. The fraction of sp³-hybridized carbons (Fsp3) is 0.833. The van der Waals surface area contributed by atoms with Gasteiger partial charge in [0.15, 0.2) is 0 Å². The van der Waals surface area contributed by atoms with Gasteiger partial charge in [0.1, 0.15) is 13.1 Å². The second-order valence-electron chi connectivity index (χ2n) is 4.88. The van der Waals surface area contributed by atoms with Crippen LogP contribution in [-0.2, 0) is 14.3 Å². The Morgan fingerprint density at radius 1 is 1.35 bits per heavy atom. The molecule has 1 rings (SSSR count). The van der Waals surface area contributed by atoms with Gasteiger partial charge in [0.05, 0.1) is 6.10 Å². The summed E-state index contributed by atoms with van der Waals surface area (Å²) in [5.74, 6) is -2.25. The molecule has 0 aromatic carbocycles.